The Kier molecular flexibility index (Phi) is 8.26. The highest BCUT2D eigenvalue weighted by molar-refractivity contribution is 7.07. The molecule has 0 spiro atoms. The molecule has 0 saturated carbocycles. The summed E-state index contributed by atoms with van der Waals surface area (Å²) in [6.07, 6.45) is 1.65. The van der Waals surface area contributed by atoms with E-state index in [0.717, 1.165) is 0 Å². The zero-order valence-electron chi connectivity index (χ0n) is 24.0. The van der Waals surface area contributed by atoms with Crippen molar-refractivity contribution in [3.63, 3.8) is 0 Å². The van der Waals surface area contributed by atoms with Gasteiger partial charge >= 0.3 is 5.97 Å². The fraction of sp³-hybridized carbons (Fsp3) is 0.250. The highest BCUT2D eigenvalue weighted by Crippen LogP contribution is 2.36. The summed E-state index contributed by atoms with van der Waals surface area (Å²) < 4.78 is 18.6. The quantitative estimate of drug-likeness (QED) is 0.288. The van der Waals surface area contributed by atoms with Crippen molar-refractivity contribution in [3.8, 4) is 17.1 Å². The van der Waals surface area contributed by atoms with Gasteiger partial charge in [0.15, 0.2) is 4.80 Å². The van der Waals surface area contributed by atoms with Gasteiger partial charge in [0.05, 0.1) is 35.6 Å². The number of ether oxygens (including phenoxy) is 2. The second-order valence-electron chi connectivity index (χ2n) is 9.54. The van der Waals surface area contributed by atoms with Crippen LogP contribution in [0.3, 0.4) is 0 Å². The van der Waals surface area contributed by atoms with Gasteiger partial charge in [-0.05, 0) is 45.0 Å². The Balaban J connectivity index is 1.66. The van der Waals surface area contributed by atoms with Gasteiger partial charge < -0.3 is 18.8 Å². The molecule has 2 aromatic heterocycles. The van der Waals surface area contributed by atoms with Gasteiger partial charge in [-0.1, -0.05) is 47.7 Å². The summed E-state index contributed by atoms with van der Waals surface area (Å²) in [5.74, 6) is 0.811. The summed E-state index contributed by atoms with van der Waals surface area (Å²) in [7, 11) is 2.89. The summed E-state index contributed by atoms with van der Waals surface area (Å²) in [6.45, 7) is 6.69. The molecule has 0 fully saturated rings. The highest BCUT2D eigenvalue weighted by atomic mass is 32.1. The summed E-state index contributed by atoms with van der Waals surface area (Å²) in [6, 6.07) is 17.1. The number of para-hydroxylation sites is 1. The van der Waals surface area contributed by atoms with E-state index in [0.29, 0.717) is 67.7 Å². The van der Waals surface area contributed by atoms with Gasteiger partial charge in [0, 0.05) is 30.3 Å². The molecule has 9 nitrogen and oxygen atoms in total. The summed E-state index contributed by atoms with van der Waals surface area (Å²) in [5, 5.41) is 0. The molecule has 216 valence electrons. The number of likely N-dealkylation sites (N-methyl/N-ethyl adjacent to an activating group) is 1. The molecule has 0 radical (unpaired) electrons. The molecule has 4 aromatic rings. The number of nitrogens with zero attached hydrogens (tertiary/aromatic N) is 3. The Labute approximate surface area is 246 Å². The molecule has 42 heavy (non-hydrogen) atoms. The van der Waals surface area contributed by atoms with E-state index in [4.69, 9.17) is 18.9 Å². The monoisotopic (exact) mass is 585 g/mol. The van der Waals surface area contributed by atoms with Crippen LogP contribution >= 0.6 is 11.3 Å². The van der Waals surface area contributed by atoms with Crippen LogP contribution in [0.5, 0.6) is 5.75 Å². The van der Waals surface area contributed by atoms with Crippen molar-refractivity contribution in [2.75, 3.05) is 27.3 Å². The largest absolute Gasteiger partial charge is 0.496 e. The Morgan fingerprint density at radius 3 is 2.48 bits per heavy atom. The van der Waals surface area contributed by atoms with Gasteiger partial charge in [0.1, 0.15) is 23.3 Å². The lowest BCUT2D eigenvalue weighted by atomic mass is 9.94. The van der Waals surface area contributed by atoms with E-state index >= 15 is 0 Å². The first-order valence-corrected chi connectivity index (χ1v) is 14.4. The number of thiazole rings is 1. The third-order valence-corrected chi connectivity index (χ3v) is 8.22. The molecular weight excluding hydrogens is 554 g/mol. The van der Waals surface area contributed by atoms with E-state index < -0.39 is 12.0 Å². The van der Waals surface area contributed by atoms with E-state index in [9.17, 15) is 14.4 Å². The SMILES string of the molecule is CCN(CC)C(=O)C1=C(C)N=c2s/c(=C\c3ccc(-c4ccccc4C(=O)OC)o3)c(=O)n2[C@@H]1c1ccccc1OC. The number of methoxy groups -OCH3 is 2. The molecule has 5 rings (SSSR count). The highest BCUT2D eigenvalue weighted by Gasteiger charge is 2.35. The van der Waals surface area contributed by atoms with Gasteiger partial charge in [-0.15, -0.1) is 0 Å². The van der Waals surface area contributed by atoms with Crippen molar-refractivity contribution in [3.05, 3.63) is 109 Å². The number of esters is 1. The standard InChI is InChI=1S/C32H31N3O6S/c1-6-34(7-2)30(37)27-19(3)33-32-35(28(27)23-14-10-11-15-24(23)39-4)29(36)26(42-32)18-20-16-17-25(41-20)21-12-8-9-13-22(21)31(38)40-5/h8-18,28H,6-7H2,1-5H3/b26-18-/t28-/m1/s1. The lowest BCUT2D eigenvalue weighted by Gasteiger charge is -2.29. The second kappa shape index (κ2) is 12.0. The molecule has 0 bridgehead atoms. The molecule has 3 heterocycles. The fourth-order valence-corrected chi connectivity index (χ4v) is 6.18. The van der Waals surface area contributed by atoms with E-state index in [1.165, 1.54) is 18.4 Å². The van der Waals surface area contributed by atoms with Crippen LogP contribution in [-0.4, -0.2) is 48.7 Å². The number of benzene rings is 2. The van der Waals surface area contributed by atoms with E-state index in [2.05, 4.69) is 0 Å². The van der Waals surface area contributed by atoms with Crippen LogP contribution in [0.25, 0.3) is 17.4 Å². The number of fused-ring (bicyclic) bond motifs is 1. The Morgan fingerprint density at radius 1 is 1.05 bits per heavy atom. The van der Waals surface area contributed by atoms with Gasteiger partial charge in [0.2, 0.25) is 0 Å². The lowest BCUT2D eigenvalue weighted by molar-refractivity contribution is -0.127. The fourth-order valence-electron chi connectivity index (χ4n) is 5.15. The number of allylic oxidation sites excluding steroid dienone is 1. The van der Waals surface area contributed by atoms with Crippen LogP contribution in [0.2, 0.25) is 0 Å². The zero-order chi connectivity index (χ0) is 30.0. The number of carbonyl (C=O) groups excluding carboxylic acids is 2. The van der Waals surface area contributed by atoms with Crippen LogP contribution in [-0.2, 0) is 9.53 Å². The first-order valence-electron chi connectivity index (χ1n) is 13.5. The first kappa shape index (κ1) is 28.8. The number of furan rings is 1. The predicted octanol–water partition coefficient (Wildman–Crippen LogP) is 4.16. The molecule has 2 aromatic carbocycles. The Hall–Kier alpha value is -4.70. The topological polar surface area (TPSA) is 103 Å². The third-order valence-electron chi connectivity index (χ3n) is 7.23. The average molecular weight is 586 g/mol. The molecule has 0 aliphatic carbocycles. The summed E-state index contributed by atoms with van der Waals surface area (Å²) in [5.41, 5.74) is 2.32. The minimum Gasteiger partial charge on any atom is -0.496 e. The second-order valence-corrected chi connectivity index (χ2v) is 10.5. The first-order chi connectivity index (χ1) is 20.3. The molecule has 0 unspecified atom stereocenters. The molecule has 1 aliphatic heterocycles. The minimum absolute atomic E-state index is 0.175. The van der Waals surface area contributed by atoms with Crippen LogP contribution in [0.15, 0.2) is 86.1 Å². The maximum atomic E-state index is 14.0. The maximum Gasteiger partial charge on any atom is 0.338 e. The van der Waals surface area contributed by atoms with Crippen molar-refractivity contribution in [1.29, 1.82) is 0 Å². The number of rotatable bonds is 8. The predicted molar refractivity (Wildman–Crippen MR) is 160 cm³/mol. The van der Waals surface area contributed by atoms with Crippen LogP contribution in [0.1, 0.15) is 48.5 Å². The van der Waals surface area contributed by atoms with Gasteiger partial charge in [0.25, 0.3) is 11.5 Å². The minimum atomic E-state index is -0.730. The maximum absolute atomic E-state index is 14.0. The van der Waals surface area contributed by atoms with Crippen molar-refractivity contribution >= 4 is 29.3 Å². The zero-order valence-corrected chi connectivity index (χ0v) is 24.9. The normalized spacial score (nSPS) is 14.8. The molecule has 1 aliphatic rings. The van der Waals surface area contributed by atoms with Crippen LogP contribution < -0.4 is 19.6 Å². The summed E-state index contributed by atoms with van der Waals surface area (Å²) in [4.78, 5) is 47.0. The van der Waals surface area contributed by atoms with Crippen molar-refractivity contribution in [1.82, 2.24) is 9.47 Å². The lowest BCUT2D eigenvalue weighted by Crippen LogP contribution is -2.43. The molecule has 10 heteroatoms. The number of hydrogen-bond donors (Lipinski definition) is 0. The van der Waals surface area contributed by atoms with Crippen LogP contribution in [0.4, 0.5) is 0 Å². The Morgan fingerprint density at radius 2 is 1.76 bits per heavy atom. The molecular formula is C32H31N3O6S. The molecule has 1 atom stereocenters. The molecule has 1 amide bonds. The van der Waals surface area contributed by atoms with Crippen molar-refractivity contribution in [2.45, 2.75) is 26.8 Å². The van der Waals surface area contributed by atoms with Crippen LogP contribution in [0, 0.1) is 0 Å². The van der Waals surface area contributed by atoms with Crippen molar-refractivity contribution in [2.24, 2.45) is 4.99 Å². The number of aromatic nitrogens is 1. The van der Waals surface area contributed by atoms with Crippen molar-refractivity contribution < 1.29 is 23.5 Å². The average Bonchev–Trinajstić information content (AvgIpc) is 3.60. The van der Waals surface area contributed by atoms with Gasteiger partial charge in [-0.2, -0.15) is 0 Å². The Bertz CT molecular complexity index is 1880. The van der Waals surface area contributed by atoms with Gasteiger partial charge in [-0.25, -0.2) is 9.79 Å². The molecule has 0 saturated heterocycles. The van der Waals surface area contributed by atoms with E-state index in [1.54, 1.807) is 66.0 Å². The number of carbonyl (C=O) groups is 2. The van der Waals surface area contributed by atoms with Gasteiger partial charge in [-0.3, -0.25) is 14.2 Å². The smallest absolute Gasteiger partial charge is 0.338 e. The third kappa shape index (κ3) is 5.09. The van der Waals surface area contributed by atoms with E-state index in [-0.39, 0.29) is 11.5 Å². The van der Waals surface area contributed by atoms with E-state index in [1.807, 2.05) is 38.1 Å². The number of amides is 1. The molecule has 0 N–H and O–H groups in total. The number of hydrogen-bond acceptors (Lipinski definition) is 8. The summed E-state index contributed by atoms with van der Waals surface area (Å²) >= 11 is 1.22.